The third-order valence-corrected chi connectivity index (χ3v) is 3.03. The zero-order valence-corrected chi connectivity index (χ0v) is 11.4. The van der Waals surface area contributed by atoms with Crippen molar-refractivity contribution in [3.63, 3.8) is 0 Å². The van der Waals surface area contributed by atoms with Crippen molar-refractivity contribution in [3.8, 4) is 11.6 Å². The molecule has 100 valence electrons. The van der Waals surface area contributed by atoms with Crippen molar-refractivity contribution in [3.05, 3.63) is 46.9 Å². The fourth-order valence-electron chi connectivity index (χ4n) is 1.76. The maximum Gasteiger partial charge on any atom is 0.227 e. The summed E-state index contributed by atoms with van der Waals surface area (Å²) < 4.78 is 5.77. The Morgan fingerprint density at radius 2 is 2.05 bits per heavy atom. The van der Waals surface area contributed by atoms with Crippen molar-refractivity contribution in [1.82, 2.24) is 9.97 Å². The van der Waals surface area contributed by atoms with Crippen LogP contribution in [-0.4, -0.2) is 15.1 Å². The summed E-state index contributed by atoms with van der Waals surface area (Å²) in [6.45, 7) is 1.97. The van der Waals surface area contributed by atoms with Crippen molar-refractivity contribution in [2.45, 2.75) is 26.4 Å². The molecule has 2 aromatic rings. The molecule has 5 heteroatoms. The maximum atomic E-state index is 9.28. The number of nitrogens with zero attached hydrogens (tertiary/aromatic N) is 2. The van der Waals surface area contributed by atoms with E-state index >= 15 is 0 Å². The van der Waals surface area contributed by atoms with Gasteiger partial charge in [0.25, 0.3) is 0 Å². The lowest BCUT2D eigenvalue weighted by molar-refractivity contribution is 0.276. The minimum atomic E-state index is -0.0852. The molecule has 1 aromatic carbocycles. The molecule has 0 unspecified atom stereocenters. The van der Waals surface area contributed by atoms with E-state index in [1.165, 1.54) is 6.33 Å². The van der Waals surface area contributed by atoms with E-state index in [4.69, 9.17) is 16.3 Å². The molecule has 19 heavy (non-hydrogen) atoms. The number of hydrogen-bond acceptors (Lipinski definition) is 4. The molecule has 1 heterocycles. The van der Waals surface area contributed by atoms with Gasteiger partial charge >= 0.3 is 0 Å². The number of aromatic nitrogens is 2. The molecule has 0 aliphatic rings. The summed E-state index contributed by atoms with van der Waals surface area (Å²) in [4.78, 5) is 8.10. The Balaban J connectivity index is 2.35. The van der Waals surface area contributed by atoms with Crippen LogP contribution in [0.15, 0.2) is 30.6 Å². The summed E-state index contributed by atoms with van der Waals surface area (Å²) in [5, 5.41) is 9.70. The Labute approximate surface area is 117 Å². The van der Waals surface area contributed by atoms with Gasteiger partial charge in [-0.15, -0.1) is 0 Å². The first kappa shape index (κ1) is 13.8. The van der Waals surface area contributed by atoms with E-state index < -0.39 is 0 Å². The largest absolute Gasteiger partial charge is 0.438 e. The number of benzene rings is 1. The quantitative estimate of drug-likeness (QED) is 0.852. The third kappa shape index (κ3) is 3.22. The Hall–Kier alpha value is -1.65. The lowest BCUT2D eigenvalue weighted by Crippen LogP contribution is -1.99. The van der Waals surface area contributed by atoms with Gasteiger partial charge in [0.05, 0.1) is 12.2 Å². The van der Waals surface area contributed by atoms with Crippen LogP contribution < -0.4 is 4.74 Å². The van der Waals surface area contributed by atoms with Gasteiger partial charge in [-0.2, -0.15) is 0 Å². The smallest absolute Gasteiger partial charge is 0.227 e. The molecule has 0 saturated carbocycles. The molecule has 0 radical (unpaired) electrons. The Morgan fingerprint density at radius 3 is 2.79 bits per heavy atom. The lowest BCUT2D eigenvalue weighted by atomic mass is 10.2. The number of halogens is 1. The van der Waals surface area contributed by atoms with Crippen LogP contribution >= 0.6 is 11.6 Å². The van der Waals surface area contributed by atoms with Crippen LogP contribution in [0.4, 0.5) is 0 Å². The van der Waals surface area contributed by atoms with Gasteiger partial charge in [0.15, 0.2) is 0 Å². The molecule has 0 fully saturated rings. The monoisotopic (exact) mass is 278 g/mol. The van der Waals surface area contributed by atoms with Gasteiger partial charge in [0.1, 0.15) is 17.2 Å². The Bertz CT molecular complexity index is 561. The first-order valence-electron chi connectivity index (χ1n) is 6.12. The Kier molecular flexibility index (Phi) is 4.71. The number of hydrogen-bond donors (Lipinski definition) is 1. The molecule has 0 atom stereocenters. The van der Waals surface area contributed by atoms with E-state index in [2.05, 4.69) is 16.9 Å². The van der Waals surface area contributed by atoms with E-state index in [9.17, 15) is 5.11 Å². The summed E-state index contributed by atoms with van der Waals surface area (Å²) in [6.07, 6.45) is 3.04. The minimum absolute atomic E-state index is 0.0852. The number of aliphatic hydroxyl groups excluding tert-OH is 1. The molecule has 1 aromatic heterocycles. The second kappa shape index (κ2) is 6.50. The second-order valence-electron chi connectivity index (χ2n) is 4.07. The molecule has 4 nitrogen and oxygen atoms in total. The van der Waals surface area contributed by atoms with Crippen LogP contribution in [0.2, 0.25) is 5.15 Å². The second-order valence-corrected chi connectivity index (χ2v) is 4.42. The van der Waals surface area contributed by atoms with Gasteiger partial charge in [-0.3, -0.25) is 0 Å². The van der Waals surface area contributed by atoms with E-state index in [0.29, 0.717) is 22.3 Å². The van der Waals surface area contributed by atoms with E-state index in [1.807, 2.05) is 12.1 Å². The fourth-order valence-corrected chi connectivity index (χ4v) is 1.98. The molecule has 1 N–H and O–H groups in total. The molecule has 2 rings (SSSR count). The average Bonchev–Trinajstić information content (AvgIpc) is 2.43. The van der Waals surface area contributed by atoms with Crippen LogP contribution in [0.25, 0.3) is 0 Å². The molecule has 0 aliphatic carbocycles. The minimum Gasteiger partial charge on any atom is -0.438 e. The summed E-state index contributed by atoms with van der Waals surface area (Å²) in [5.74, 6) is 1.03. The van der Waals surface area contributed by atoms with Gasteiger partial charge in [0, 0.05) is 5.56 Å². The van der Waals surface area contributed by atoms with Crippen LogP contribution in [0, 0.1) is 0 Å². The first-order valence-corrected chi connectivity index (χ1v) is 6.50. The van der Waals surface area contributed by atoms with Crippen LogP contribution in [0.5, 0.6) is 11.6 Å². The van der Waals surface area contributed by atoms with Crippen LogP contribution in [0.3, 0.4) is 0 Å². The van der Waals surface area contributed by atoms with E-state index in [1.54, 1.807) is 12.1 Å². The summed E-state index contributed by atoms with van der Waals surface area (Å²) >= 11 is 6.07. The summed E-state index contributed by atoms with van der Waals surface area (Å²) in [6, 6.07) is 7.28. The zero-order valence-electron chi connectivity index (χ0n) is 10.6. The van der Waals surface area contributed by atoms with Crippen molar-refractivity contribution < 1.29 is 9.84 Å². The van der Waals surface area contributed by atoms with Gasteiger partial charge in [-0.1, -0.05) is 43.1 Å². The fraction of sp³-hybridized carbons (Fsp3) is 0.286. The van der Waals surface area contributed by atoms with Crippen molar-refractivity contribution in [2.24, 2.45) is 0 Å². The van der Waals surface area contributed by atoms with E-state index in [0.717, 1.165) is 18.4 Å². The van der Waals surface area contributed by atoms with Crippen molar-refractivity contribution >= 4 is 11.6 Å². The number of rotatable bonds is 5. The van der Waals surface area contributed by atoms with Crippen molar-refractivity contribution in [1.29, 1.82) is 0 Å². The predicted octanol–water partition coefficient (Wildman–Crippen LogP) is 3.37. The molecule has 0 aliphatic heterocycles. The molecule has 0 bridgehead atoms. The van der Waals surface area contributed by atoms with Gasteiger partial charge in [-0.05, 0) is 12.5 Å². The predicted molar refractivity (Wildman–Crippen MR) is 73.5 cm³/mol. The number of para-hydroxylation sites is 1. The molecule has 0 amide bonds. The summed E-state index contributed by atoms with van der Waals surface area (Å²) in [5.41, 5.74) is 1.50. The van der Waals surface area contributed by atoms with Gasteiger partial charge < -0.3 is 9.84 Å². The Morgan fingerprint density at radius 1 is 1.26 bits per heavy atom. The average molecular weight is 279 g/mol. The zero-order chi connectivity index (χ0) is 13.7. The molecular weight excluding hydrogens is 264 g/mol. The normalized spacial score (nSPS) is 10.5. The summed E-state index contributed by atoms with van der Waals surface area (Å²) in [7, 11) is 0. The first-order chi connectivity index (χ1) is 9.26. The topological polar surface area (TPSA) is 55.2 Å². The third-order valence-electron chi connectivity index (χ3n) is 2.70. The lowest BCUT2D eigenvalue weighted by Gasteiger charge is -2.12. The highest BCUT2D eigenvalue weighted by Crippen LogP contribution is 2.29. The van der Waals surface area contributed by atoms with Crippen LogP contribution in [-0.2, 0) is 13.0 Å². The molecule has 0 saturated heterocycles. The van der Waals surface area contributed by atoms with E-state index in [-0.39, 0.29) is 6.61 Å². The van der Waals surface area contributed by atoms with Gasteiger partial charge in [0.2, 0.25) is 5.88 Å². The van der Waals surface area contributed by atoms with Crippen LogP contribution in [0.1, 0.15) is 24.5 Å². The maximum absolute atomic E-state index is 9.28. The highest BCUT2D eigenvalue weighted by atomic mass is 35.5. The molecule has 0 spiro atoms. The standard InChI is InChI=1S/C14H15ClN2O2/c1-2-5-11-13(15)16-9-17-14(11)19-12-7-4-3-6-10(12)8-18/h3-4,6-7,9,18H,2,5,8H2,1H3. The SMILES string of the molecule is CCCc1c(Cl)ncnc1Oc1ccccc1CO. The van der Waals surface area contributed by atoms with Crippen molar-refractivity contribution in [2.75, 3.05) is 0 Å². The number of aliphatic hydroxyl groups is 1. The molecular formula is C14H15ClN2O2. The number of ether oxygens (including phenoxy) is 1. The highest BCUT2D eigenvalue weighted by Gasteiger charge is 2.12. The highest BCUT2D eigenvalue weighted by molar-refractivity contribution is 6.30. The van der Waals surface area contributed by atoms with Gasteiger partial charge in [-0.25, -0.2) is 9.97 Å².